The third-order valence-corrected chi connectivity index (χ3v) is 5.52. The van der Waals surface area contributed by atoms with Crippen LogP contribution in [0.3, 0.4) is 0 Å². The van der Waals surface area contributed by atoms with Crippen molar-refractivity contribution >= 4 is 29.3 Å². The fourth-order valence-corrected chi connectivity index (χ4v) is 3.76. The van der Waals surface area contributed by atoms with Crippen molar-refractivity contribution in [3.8, 4) is 0 Å². The van der Waals surface area contributed by atoms with Gasteiger partial charge in [0.25, 0.3) is 0 Å². The number of ketones is 1. The Hall–Kier alpha value is -2.96. The molecule has 1 amide bonds. The zero-order valence-electron chi connectivity index (χ0n) is 17.5. The minimum atomic E-state index is -0.614. The molecular formula is C24H24ClNO5. The van der Waals surface area contributed by atoms with Crippen LogP contribution in [0.5, 0.6) is 0 Å². The van der Waals surface area contributed by atoms with Gasteiger partial charge in [0.1, 0.15) is 0 Å². The maximum atomic E-state index is 13.1. The molecular weight excluding hydrogens is 418 g/mol. The quantitative estimate of drug-likeness (QED) is 0.457. The van der Waals surface area contributed by atoms with Gasteiger partial charge in [-0.15, -0.1) is 0 Å². The van der Waals surface area contributed by atoms with Crippen molar-refractivity contribution < 1.29 is 23.9 Å². The van der Waals surface area contributed by atoms with Crippen molar-refractivity contribution in [1.82, 2.24) is 4.90 Å². The Bertz CT molecular complexity index is 985. The lowest BCUT2D eigenvalue weighted by Gasteiger charge is -2.34. The number of Topliss-reactive ketones (excluding diaryl/α,β-unsaturated/α-hetero) is 1. The third kappa shape index (κ3) is 5.40. The molecule has 6 nitrogen and oxygen atoms in total. The van der Waals surface area contributed by atoms with Gasteiger partial charge in [-0.1, -0.05) is 54.1 Å². The Kier molecular flexibility index (Phi) is 7.60. The predicted molar refractivity (Wildman–Crippen MR) is 117 cm³/mol. The van der Waals surface area contributed by atoms with E-state index >= 15 is 0 Å². The SMILES string of the molecule is COCCN1C(=O)CC(c2ccc(Cl)cc2)C(C(=O)OCC(=O)c2ccccc2)=C1C. The van der Waals surface area contributed by atoms with Crippen LogP contribution >= 0.6 is 11.6 Å². The summed E-state index contributed by atoms with van der Waals surface area (Å²) in [6.07, 6.45) is 0.111. The minimum absolute atomic E-state index is 0.105. The Balaban J connectivity index is 1.88. The molecule has 1 heterocycles. The Morgan fingerprint density at radius 2 is 1.77 bits per heavy atom. The number of hydrogen-bond acceptors (Lipinski definition) is 5. The Morgan fingerprint density at radius 1 is 1.10 bits per heavy atom. The first-order valence-corrected chi connectivity index (χ1v) is 10.3. The van der Waals surface area contributed by atoms with E-state index in [2.05, 4.69) is 0 Å². The molecule has 1 unspecified atom stereocenters. The molecule has 0 aromatic heterocycles. The van der Waals surface area contributed by atoms with E-state index in [0.717, 1.165) is 5.56 Å². The summed E-state index contributed by atoms with van der Waals surface area (Å²) in [5, 5.41) is 0.561. The number of hydrogen-bond donors (Lipinski definition) is 0. The molecule has 0 saturated heterocycles. The fraction of sp³-hybridized carbons (Fsp3) is 0.292. The highest BCUT2D eigenvalue weighted by Gasteiger charge is 2.37. The predicted octanol–water partition coefficient (Wildman–Crippen LogP) is 4.00. The number of carbonyl (C=O) groups is 3. The number of esters is 1. The summed E-state index contributed by atoms with van der Waals surface area (Å²) in [5.41, 5.74) is 2.12. The van der Waals surface area contributed by atoms with Crippen molar-refractivity contribution in [2.45, 2.75) is 19.3 Å². The highest BCUT2D eigenvalue weighted by atomic mass is 35.5. The van der Waals surface area contributed by atoms with E-state index in [9.17, 15) is 14.4 Å². The lowest BCUT2D eigenvalue weighted by Crippen LogP contribution is -2.40. The highest BCUT2D eigenvalue weighted by Crippen LogP contribution is 2.37. The average molecular weight is 442 g/mol. The summed E-state index contributed by atoms with van der Waals surface area (Å²) in [7, 11) is 1.55. The van der Waals surface area contributed by atoms with E-state index in [4.69, 9.17) is 21.1 Å². The largest absolute Gasteiger partial charge is 0.454 e. The van der Waals surface area contributed by atoms with E-state index in [1.54, 1.807) is 68.6 Å². The molecule has 1 atom stereocenters. The van der Waals surface area contributed by atoms with Crippen molar-refractivity contribution in [1.29, 1.82) is 0 Å². The standard InChI is InChI=1S/C24H24ClNO5/c1-16-23(24(29)31-15-21(27)18-6-4-3-5-7-18)20(17-8-10-19(25)11-9-17)14-22(28)26(16)12-13-30-2/h3-11,20H,12-15H2,1-2H3. The van der Waals surface area contributed by atoms with Gasteiger partial charge < -0.3 is 14.4 Å². The second-order valence-corrected chi connectivity index (χ2v) is 7.65. The number of nitrogens with zero attached hydrogens (tertiary/aromatic N) is 1. The van der Waals surface area contributed by atoms with E-state index in [0.29, 0.717) is 35.0 Å². The van der Waals surface area contributed by atoms with E-state index < -0.39 is 11.9 Å². The molecule has 1 aliphatic rings. The van der Waals surface area contributed by atoms with Crippen LogP contribution < -0.4 is 0 Å². The molecule has 2 aromatic carbocycles. The number of amides is 1. The molecule has 1 aliphatic heterocycles. The number of methoxy groups -OCH3 is 1. The minimum Gasteiger partial charge on any atom is -0.454 e. The van der Waals surface area contributed by atoms with Gasteiger partial charge in [-0.3, -0.25) is 9.59 Å². The first-order chi connectivity index (χ1) is 14.9. The number of ether oxygens (including phenoxy) is 2. The Morgan fingerprint density at radius 3 is 2.42 bits per heavy atom. The van der Waals surface area contributed by atoms with Crippen LogP contribution in [-0.2, 0) is 19.1 Å². The summed E-state index contributed by atoms with van der Waals surface area (Å²) in [5.74, 6) is -1.50. The molecule has 0 saturated carbocycles. The van der Waals surface area contributed by atoms with Gasteiger partial charge in [-0.05, 0) is 24.6 Å². The van der Waals surface area contributed by atoms with Crippen molar-refractivity contribution in [3.63, 3.8) is 0 Å². The molecule has 7 heteroatoms. The monoisotopic (exact) mass is 441 g/mol. The Labute approximate surface area is 186 Å². The second kappa shape index (κ2) is 10.4. The molecule has 0 fully saturated rings. The fourth-order valence-electron chi connectivity index (χ4n) is 3.63. The maximum Gasteiger partial charge on any atom is 0.336 e. The van der Waals surface area contributed by atoms with Crippen LogP contribution in [0, 0.1) is 0 Å². The summed E-state index contributed by atoms with van der Waals surface area (Å²) in [6, 6.07) is 15.7. The van der Waals surface area contributed by atoms with Gasteiger partial charge in [-0.2, -0.15) is 0 Å². The number of allylic oxidation sites excluding steroid dienone is 1. The van der Waals surface area contributed by atoms with Crippen LogP contribution in [0.15, 0.2) is 65.9 Å². The van der Waals surface area contributed by atoms with Crippen molar-refractivity contribution in [2.24, 2.45) is 0 Å². The number of rotatable bonds is 8. The van der Waals surface area contributed by atoms with E-state index in [1.165, 1.54) is 4.90 Å². The third-order valence-electron chi connectivity index (χ3n) is 5.26. The van der Waals surface area contributed by atoms with Gasteiger partial charge >= 0.3 is 5.97 Å². The van der Waals surface area contributed by atoms with Crippen molar-refractivity contribution in [3.05, 3.63) is 82.0 Å². The van der Waals surface area contributed by atoms with E-state index in [1.807, 2.05) is 0 Å². The van der Waals surface area contributed by atoms with Crippen LogP contribution in [-0.4, -0.2) is 49.4 Å². The summed E-state index contributed by atoms with van der Waals surface area (Å²) in [4.78, 5) is 39.8. The maximum absolute atomic E-state index is 13.1. The normalized spacial score (nSPS) is 16.4. The van der Waals surface area contributed by atoms with Gasteiger partial charge in [0.15, 0.2) is 12.4 Å². The molecule has 3 rings (SSSR count). The lowest BCUT2D eigenvalue weighted by atomic mass is 9.83. The van der Waals surface area contributed by atoms with Crippen LogP contribution in [0.1, 0.15) is 35.2 Å². The molecule has 0 bridgehead atoms. The topological polar surface area (TPSA) is 72.9 Å². The van der Waals surface area contributed by atoms with E-state index in [-0.39, 0.29) is 24.7 Å². The first kappa shape index (κ1) is 22.7. The van der Waals surface area contributed by atoms with Crippen LogP contribution in [0.25, 0.3) is 0 Å². The molecule has 162 valence electrons. The van der Waals surface area contributed by atoms with Gasteiger partial charge in [0.05, 0.1) is 12.2 Å². The van der Waals surface area contributed by atoms with Gasteiger partial charge in [0, 0.05) is 42.3 Å². The summed E-state index contributed by atoms with van der Waals surface area (Å²) in [6.45, 7) is 2.00. The molecule has 0 radical (unpaired) electrons. The van der Waals surface area contributed by atoms with Gasteiger partial charge in [0.2, 0.25) is 5.91 Å². The van der Waals surface area contributed by atoms with Gasteiger partial charge in [-0.25, -0.2) is 4.79 Å². The number of carbonyl (C=O) groups excluding carboxylic acids is 3. The highest BCUT2D eigenvalue weighted by molar-refractivity contribution is 6.30. The molecule has 31 heavy (non-hydrogen) atoms. The average Bonchev–Trinajstić information content (AvgIpc) is 2.78. The van der Waals surface area contributed by atoms with Crippen LogP contribution in [0.2, 0.25) is 5.02 Å². The molecule has 0 spiro atoms. The smallest absolute Gasteiger partial charge is 0.336 e. The zero-order valence-corrected chi connectivity index (χ0v) is 18.2. The lowest BCUT2D eigenvalue weighted by molar-refractivity contribution is -0.139. The molecule has 0 aliphatic carbocycles. The van der Waals surface area contributed by atoms with Crippen molar-refractivity contribution in [2.75, 3.05) is 26.9 Å². The first-order valence-electron chi connectivity index (χ1n) is 9.93. The second-order valence-electron chi connectivity index (χ2n) is 7.21. The zero-order chi connectivity index (χ0) is 22.4. The molecule has 2 aromatic rings. The summed E-state index contributed by atoms with van der Waals surface area (Å²) >= 11 is 6.00. The number of halogens is 1. The van der Waals surface area contributed by atoms with Crippen LogP contribution in [0.4, 0.5) is 0 Å². The molecule has 0 N–H and O–H groups in total. The number of benzene rings is 2. The summed E-state index contributed by atoms with van der Waals surface area (Å²) < 4.78 is 10.5.